The molecule has 1 heterocycles. The molecule has 1 atom stereocenters. The lowest BCUT2D eigenvalue weighted by Gasteiger charge is -2.14. The van der Waals surface area contributed by atoms with Gasteiger partial charge in [-0.15, -0.1) is 10.2 Å². The number of anilines is 1. The zero-order chi connectivity index (χ0) is 15.5. The van der Waals surface area contributed by atoms with Crippen LogP contribution in [0.15, 0.2) is 35.5 Å². The second-order valence-corrected chi connectivity index (χ2v) is 6.37. The number of carbonyl (C=O) groups is 1. The standard InChI is InChI=1S/C15H19N5OS/c1-10(11-5-3-2-4-6-11)17-13(21)9-22-15-19-18-14(16)20(15)12-7-8-12/h2-6,10,12H,7-9H2,1H3,(H2,16,18)(H,17,21). The first-order valence-electron chi connectivity index (χ1n) is 7.32. The largest absolute Gasteiger partial charge is 0.368 e. The fourth-order valence-electron chi connectivity index (χ4n) is 2.30. The van der Waals surface area contributed by atoms with Gasteiger partial charge in [-0.3, -0.25) is 9.36 Å². The van der Waals surface area contributed by atoms with E-state index in [2.05, 4.69) is 15.5 Å². The molecule has 3 rings (SSSR count). The summed E-state index contributed by atoms with van der Waals surface area (Å²) in [5, 5.41) is 11.7. The molecule has 1 aliphatic carbocycles. The Balaban J connectivity index is 1.54. The fraction of sp³-hybridized carbons (Fsp3) is 0.400. The molecule has 0 radical (unpaired) electrons. The lowest BCUT2D eigenvalue weighted by molar-refractivity contribution is -0.119. The average molecular weight is 317 g/mol. The Kier molecular flexibility index (Phi) is 4.33. The normalized spacial score (nSPS) is 15.5. The van der Waals surface area contributed by atoms with Crippen LogP contribution in [-0.4, -0.2) is 26.4 Å². The van der Waals surface area contributed by atoms with Gasteiger partial charge in [-0.1, -0.05) is 42.1 Å². The molecule has 1 aliphatic rings. The predicted octanol–water partition coefficient (Wildman–Crippen LogP) is 2.16. The van der Waals surface area contributed by atoms with Gasteiger partial charge in [0.05, 0.1) is 11.8 Å². The monoisotopic (exact) mass is 317 g/mol. The van der Waals surface area contributed by atoms with Crippen molar-refractivity contribution in [2.24, 2.45) is 0 Å². The fourth-order valence-corrected chi connectivity index (χ4v) is 3.12. The zero-order valence-electron chi connectivity index (χ0n) is 12.4. The molecular formula is C15H19N5OS. The summed E-state index contributed by atoms with van der Waals surface area (Å²) in [7, 11) is 0. The molecule has 0 spiro atoms. The predicted molar refractivity (Wildman–Crippen MR) is 86.4 cm³/mol. The molecule has 6 nitrogen and oxygen atoms in total. The number of hydrogen-bond donors (Lipinski definition) is 2. The van der Waals surface area contributed by atoms with Gasteiger partial charge in [-0.05, 0) is 25.3 Å². The van der Waals surface area contributed by atoms with Crippen LogP contribution >= 0.6 is 11.8 Å². The summed E-state index contributed by atoms with van der Waals surface area (Å²) in [6.07, 6.45) is 2.21. The first kappa shape index (κ1) is 14.9. The minimum atomic E-state index is -0.0229. The summed E-state index contributed by atoms with van der Waals surface area (Å²) in [5.74, 6) is 0.718. The smallest absolute Gasteiger partial charge is 0.230 e. The Bertz CT molecular complexity index is 653. The number of nitrogen functional groups attached to an aromatic ring is 1. The highest BCUT2D eigenvalue weighted by atomic mass is 32.2. The Morgan fingerprint density at radius 3 is 2.82 bits per heavy atom. The Hall–Kier alpha value is -2.02. The summed E-state index contributed by atoms with van der Waals surface area (Å²) in [4.78, 5) is 12.1. The zero-order valence-corrected chi connectivity index (χ0v) is 13.2. The van der Waals surface area contributed by atoms with E-state index in [4.69, 9.17) is 5.73 Å². The maximum absolute atomic E-state index is 12.1. The molecule has 1 aromatic heterocycles. The molecule has 1 fully saturated rings. The summed E-state index contributed by atoms with van der Waals surface area (Å²) >= 11 is 1.38. The Morgan fingerprint density at radius 2 is 2.14 bits per heavy atom. The second-order valence-electron chi connectivity index (χ2n) is 5.43. The lowest BCUT2D eigenvalue weighted by Crippen LogP contribution is -2.28. The van der Waals surface area contributed by atoms with Crippen LogP contribution in [0.25, 0.3) is 0 Å². The van der Waals surface area contributed by atoms with Crippen molar-refractivity contribution in [3.05, 3.63) is 35.9 Å². The van der Waals surface area contributed by atoms with Gasteiger partial charge < -0.3 is 11.1 Å². The molecule has 1 aromatic carbocycles. The number of nitrogens with zero attached hydrogens (tertiary/aromatic N) is 3. The van der Waals surface area contributed by atoms with Gasteiger partial charge in [0.2, 0.25) is 11.9 Å². The number of benzene rings is 1. The highest BCUT2D eigenvalue weighted by molar-refractivity contribution is 7.99. The molecule has 1 unspecified atom stereocenters. The van der Waals surface area contributed by atoms with Crippen LogP contribution in [0.5, 0.6) is 0 Å². The van der Waals surface area contributed by atoms with E-state index >= 15 is 0 Å². The lowest BCUT2D eigenvalue weighted by atomic mass is 10.1. The molecule has 7 heteroatoms. The third kappa shape index (κ3) is 3.41. The Morgan fingerprint density at radius 1 is 1.41 bits per heavy atom. The number of thioether (sulfide) groups is 1. The number of hydrogen-bond acceptors (Lipinski definition) is 5. The van der Waals surface area contributed by atoms with E-state index in [-0.39, 0.29) is 11.9 Å². The van der Waals surface area contributed by atoms with Crippen LogP contribution in [0.3, 0.4) is 0 Å². The van der Waals surface area contributed by atoms with E-state index in [9.17, 15) is 4.79 Å². The van der Waals surface area contributed by atoms with Gasteiger partial charge in [0.25, 0.3) is 0 Å². The molecule has 116 valence electrons. The number of nitrogens with one attached hydrogen (secondary N) is 1. The molecule has 22 heavy (non-hydrogen) atoms. The summed E-state index contributed by atoms with van der Waals surface area (Å²) < 4.78 is 1.93. The van der Waals surface area contributed by atoms with Crippen LogP contribution in [0.2, 0.25) is 0 Å². The van der Waals surface area contributed by atoms with Crippen molar-refractivity contribution < 1.29 is 4.79 Å². The summed E-state index contributed by atoms with van der Waals surface area (Å²) in [6.45, 7) is 1.97. The molecule has 0 saturated heterocycles. The van der Waals surface area contributed by atoms with Crippen LogP contribution in [-0.2, 0) is 4.79 Å². The van der Waals surface area contributed by atoms with Gasteiger partial charge in [0.1, 0.15) is 0 Å². The molecule has 0 bridgehead atoms. The number of carbonyl (C=O) groups excluding carboxylic acids is 1. The minimum absolute atomic E-state index is 0.0133. The van der Waals surface area contributed by atoms with Gasteiger partial charge in [0, 0.05) is 6.04 Å². The van der Waals surface area contributed by atoms with E-state index in [0.29, 0.717) is 17.7 Å². The van der Waals surface area contributed by atoms with Gasteiger partial charge in [-0.25, -0.2) is 0 Å². The summed E-state index contributed by atoms with van der Waals surface area (Å²) in [6, 6.07) is 10.3. The quantitative estimate of drug-likeness (QED) is 0.797. The third-order valence-corrected chi connectivity index (χ3v) is 4.56. The van der Waals surface area contributed by atoms with Crippen molar-refractivity contribution in [2.75, 3.05) is 11.5 Å². The van der Waals surface area contributed by atoms with Crippen LogP contribution in [0, 0.1) is 0 Å². The maximum atomic E-state index is 12.1. The highest BCUT2D eigenvalue weighted by Gasteiger charge is 2.29. The first-order chi connectivity index (χ1) is 10.6. The van der Waals surface area contributed by atoms with Crippen LogP contribution in [0.4, 0.5) is 5.95 Å². The second kappa shape index (κ2) is 6.39. The Labute approximate surface area is 133 Å². The first-order valence-corrected chi connectivity index (χ1v) is 8.31. The maximum Gasteiger partial charge on any atom is 0.230 e. The molecule has 1 saturated carbocycles. The van der Waals surface area contributed by atoms with E-state index < -0.39 is 0 Å². The van der Waals surface area contributed by atoms with E-state index in [1.54, 1.807) is 0 Å². The average Bonchev–Trinajstić information content (AvgIpc) is 3.29. The van der Waals surface area contributed by atoms with E-state index in [0.717, 1.165) is 23.6 Å². The van der Waals surface area contributed by atoms with Crippen molar-refractivity contribution in [1.82, 2.24) is 20.1 Å². The van der Waals surface area contributed by atoms with Crippen LogP contribution in [0.1, 0.15) is 37.4 Å². The third-order valence-electron chi connectivity index (χ3n) is 3.61. The molecule has 1 amide bonds. The minimum Gasteiger partial charge on any atom is -0.368 e. The van der Waals surface area contributed by atoms with Crippen molar-refractivity contribution >= 4 is 23.6 Å². The summed E-state index contributed by atoms with van der Waals surface area (Å²) in [5.41, 5.74) is 6.91. The highest BCUT2D eigenvalue weighted by Crippen LogP contribution is 2.39. The van der Waals surface area contributed by atoms with Crippen molar-refractivity contribution in [3.8, 4) is 0 Å². The molecule has 0 aliphatic heterocycles. The number of amides is 1. The number of nitrogens with two attached hydrogens (primary N) is 1. The van der Waals surface area contributed by atoms with Crippen molar-refractivity contribution in [3.63, 3.8) is 0 Å². The van der Waals surface area contributed by atoms with E-state index in [1.165, 1.54) is 11.8 Å². The van der Waals surface area contributed by atoms with E-state index in [1.807, 2.05) is 41.8 Å². The number of aromatic nitrogens is 3. The van der Waals surface area contributed by atoms with Gasteiger partial charge in [-0.2, -0.15) is 0 Å². The van der Waals surface area contributed by atoms with Crippen molar-refractivity contribution in [1.29, 1.82) is 0 Å². The topological polar surface area (TPSA) is 85.8 Å². The van der Waals surface area contributed by atoms with Crippen molar-refractivity contribution in [2.45, 2.75) is 37.0 Å². The molecular weight excluding hydrogens is 298 g/mol. The number of rotatable bonds is 6. The molecule has 3 N–H and O–H groups in total. The van der Waals surface area contributed by atoms with Gasteiger partial charge >= 0.3 is 0 Å². The van der Waals surface area contributed by atoms with Gasteiger partial charge in [0.15, 0.2) is 5.16 Å². The molecule has 2 aromatic rings. The SMILES string of the molecule is CC(NC(=O)CSc1nnc(N)n1C1CC1)c1ccccc1. The van der Waals surface area contributed by atoms with Crippen LogP contribution < -0.4 is 11.1 Å².